The van der Waals surface area contributed by atoms with Crippen molar-refractivity contribution >= 4 is 0 Å². The monoisotopic (exact) mass is 220 g/mol. The van der Waals surface area contributed by atoms with E-state index < -0.39 is 6.04 Å². The molecular formula is C12H13FN2O. The topological polar surface area (TPSA) is 51.2 Å². The second kappa shape index (κ2) is 4.47. The van der Waals surface area contributed by atoms with E-state index in [1.54, 1.807) is 18.2 Å². The molecule has 0 aliphatic carbocycles. The van der Waals surface area contributed by atoms with Gasteiger partial charge < -0.3 is 4.42 Å². The van der Waals surface area contributed by atoms with Crippen molar-refractivity contribution in [3.63, 3.8) is 0 Å². The summed E-state index contributed by atoms with van der Waals surface area (Å²) in [5, 5.41) is 0. The van der Waals surface area contributed by atoms with E-state index in [2.05, 4.69) is 5.43 Å². The molecule has 2 aromatic rings. The Morgan fingerprint density at radius 1 is 1.38 bits per heavy atom. The van der Waals surface area contributed by atoms with Gasteiger partial charge in [0, 0.05) is 5.56 Å². The number of hydrazine groups is 1. The van der Waals surface area contributed by atoms with Crippen molar-refractivity contribution in [1.82, 2.24) is 5.43 Å². The molecule has 0 fully saturated rings. The van der Waals surface area contributed by atoms with E-state index in [4.69, 9.17) is 10.3 Å². The molecule has 2 rings (SSSR count). The molecule has 1 aromatic heterocycles. The minimum atomic E-state index is -0.462. The molecule has 3 nitrogen and oxygen atoms in total. The van der Waals surface area contributed by atoms with Crippen LogP contribution in [-0.4, -0.2) is 0 Å². The number of nitrogens with one attached hydrogen (secondary N) is 1. The number of hydrogen-bond donors (Lipinski definition) is 2. The minimum absolute atomic E-state index is 0.292. The van der Waals surface area contributed by atoms with E-state index in [0.717, 1.165) is 5.56 Å². The summed E-state index contributed by atoms with van der Waals surface area (Å²) in [5.41, 5.74) is 3.89. The Balaban J connectivity index is 2.41. The molecule has 0 saturated heterocycles. The van der Waals surface area contributed by atoms with Gasteiger partial charge in [-0.1, -0.05) is 12.1 Å². The number of furan rings is 1. The molecule has 0 bridgehead atoms. The summed E-state index contributed by atoms with van der Waals surface area (Å²) in [6, 6.07) is 8.05. The first-order valence-corrected chi connectivity index (χ1v) is 4.98. The van der Waals surface area contributed by atoms with Crippen molar-refractivity contribution in [3.05, 3.63) is 59.3 Å². The van der Waals surface area contributed by atoms with Crippen LogP contribution in [0.2, 0.25) is 0 Å². The van der Waals surface area contributed by atoms with Gasteiger partial charge in [-0.3, -0.25) is 5.84 Å². The van der Waals surface area contributed by atoms with Gasteiger partial charge in [0.15, 0.2) is 0 Å². The fourth-order valence-electron chi connectivity index (χ4n) is 1.65. The Labute approximate surface area is 93.0 Å². The standard InChI is InChI=1S/C12H13FN2O/c1-8-4-5-9(10(13)7-8)12(15-14)11-3-2-6-16-11/h2-7,12,15H,14H2,1H3. The Bertz CT molecular complexity index is 468. The van der Waals surface area contributed by atoms with Gasteiger partial charge in [-0.05, 0) is 30.7 Å². The fraction of sp³-hybridized carbons (Fsp3) is 0.167. The Hall–Kier alpha value is -1.65. The number of rotatable bonds is 3. The molecule has 1 heterocycles. The molecule has 0 aliphatic heterocycles. The largest absolute Gasteiger partial charge is 0.467 e. The number of benzene rings is 1. The van der Waals surface area contributed by atoms with E-state index in [9.17, 15) is 4.39 Å². The maximum absolute atomic E-state index is 13.7. The van der Waals surface area contributed by atoms with Gasteiger partial charge in [-0.15, -0.1) is 0 Å². The van der Waals surface area contributed by atoms with Crippen molar-refractivity contribution in [2.45, 2.75) is 13.0 Å². The van der Waals surface area contributed by atoms with Gasteiger partial charge in [0.05, 0.1) is 6.26 Å². The van der Waals surface area contributed by atoms with Gasteiger partial charge in [-0.2, -0.15) is 0 Å². The van der Waals surface area contributed by atoms with Crippen LogP contribution >= 0.6 is 0 Å². The zero-order valence-corrected chi connectivity index (χ0v) is 8.91. The van der Waals surface area contributed by atoms with Crippen LogP contribution in [0.1, 0.15) is 22.9 Å². The summed E-state index contributed by atoms with van der Waals surface area (Å²) in [6.07, 6.45) is 1.53. The third-order valence-corrected chi connectivity index (χ3v) is 2.46. The zero-order chi connectivity index (χ0) is 11.5. The van der Waals surface area contributed by atoms with E-state index in [1.807, 2.05) is 13.0 Å². The first-order chi connectivity index (χ1) is 7.72. The second-order valence-corrected chi connectivity index (χ2v) is 3.64. The summed E-state index contributed by atoms with van der Waals surface area (Å²) in [5.74, 6) is 5.72. The van der Waals surface area contributed by atoms with E-state index in [-0.39, 0.29) is 5.82 Å². The van der Waals surface area contributed by atoms with Crippen molar-refractivity contribution in [2.24, 2.45) is 5.84 Å². The maximum atomic E-state index is 13.7. The van der Waals surface area contributed by atoms with E-state index >= 15 is 0 Å². The Kier molecular flexibility index (Phi) is 3.03. The number of nitrogens with two attached hydrogens (primary N) is 1. The summed E-state index contributed by atoms with van der Waals surface area (Å²) >= 11 is 0. The maximum Gasteiger partial charge on any atom is 0.128 e. The minimum Gasteiger partial charge on any atom is -0.467 e. The first-order valence-electron chi connectivity index (χ1n) is 4.98. The average molecular weight is 220 g/mol. The smallest absolute Gasteiger partial charge is 0.128 e. The predicted molar refractivity (Wildman–Crippen MR) is 59.0 cm³/mol. The summed E-state index contributed by atoms with van der Waals surface area (Å²) in [4.78, 5) is 0. The third kappa shape index (κ3) is 1.98. The molecule has 1 aromatic carbocycles. The van der Waals surface area contributed by atoms with Crippen LogP contribution in [-0.2, 0) is 0 Å². The van der Waals surface area contributed by atoms with E-state index in [0.29, 0.717) is 11.3 Å². The predicted octanol–water partition coefficient (Wildman–Crippen LogP) is 2.28. The van der Waals surface area contributed by atoms with Crippen LogP contribution < -0.4 is 11.3 Å². The lowest BCUT2D eigenvalue weighted by Gasteiger charge is -2.14. The molecule has 0 spiro atoms. The summed E-state index contributed by atoms with van der Waals surface area (Å²) in [6.45, 7) is 1.84. The molecule has 0 amide bonds. The van der Waals surface area contributed by atoms with Crippen LogP contribution in [0.5, 0.6) is 0 Å². The normalized spacial score (nSPS) is 12.7. The lowest BCUT2D eigenvalue weighted by Crippen LogP contribution is -2.29. The first kappa shape index (κ1) is 10.9. The van der Waals surface area contributed by atoms with Crippen LogP contribution in [0.15, 0.2) is 41.0 Å². The van der Waals surface area contributed by atoms with Crippen molar-refractivity contribution < 1.29 is 8.81 Å². The van der Waals surface area contributed by atoms with Gasteiger partial charge in [0.25, 0.3) is 0 Å². The lowest BCUT2D eigenvalue weighted by atomic mass is 10.0. The highest BCUT2D eigenvalue weighted by Crippen LogP contribution is 2.24. The van der Waals surface area contributed by atoms with Crippen LogP contribution in [0.25, 0.3) is 0 Å². The second-order valence-electron chi connectivity index (χ2n) is 3.64. The number of hydrogen-bond acceptors (Lipinski definition) is 3. The van der Waals surface area contributed by atoms with Crippen LogP contribution in [0, 0.1) is 12.7 Å². The van der Waals surface area contributed by atoms with Crippen molar-refractivity contribution in [3.8, 4) is 0 Å². The Morgan fingerprint density at radius 2 is 2.19 bits per heavy atom. The van der Waals surface area contributed by atoms with Crippen molar-refractivity contribution in [2.75, 3.05) is 0 Å². The quantitative estimate of drug-likeness (QED) is 0.616. The molecular weight excluding hydrogens is 207 g/mol. The molecule has 4 heteroatoms. The highest BCUT2D eigenvalue weighted by molar-refractivity contribution is 5.30. The average Bonchev–Trinajstić information content (AvgIpc) is 2.75. The Morgan fingerprint density at radius 3 is 2.75 bits per heavy atom. The molecule has 3 N–H and O–H groups in total. The van der Waals surface area contributed by atoms with Crippen LogP contribution in [0.3, 0.4) is 0 Å². The zero-order valence-electron chi connectivity index (χ0n) is 8.91. The summed E-state index contributed by atoms with van der Waals surface area (Å²) < 4.78 is 19.0. The molecule has 1 unspecified atom stereocenters. The molecule has 1 atom stereocenters. The highest BCUT2D eigenvalue weighted by Gasteiger charge is 2.18. The van der Waals surface area contributed by atoms with Crippen LogP contribution in [0.4, 0.5) is 4.39 Å². The highest BCUT2D eigenvalue weighted by atomic mass is 19.1. The third-order valence-electron chi connectivity index (χ3n) is 2.46. The van der Waals surface area contributed by atoms with Gasteiger partial charge in [0.2, 0.25) is 0 Å². The SMILES string of the molecule is Cc1ccc(C(NN)c2ccco2)c(F)c1. The number of halogens is 1. The molecule has 0 saturated carbocycles. The van der Waals surface area contributed by atoms with Gasteiger partial charge in [0.1, 0.15) is 17.6 Å². The molecule has 0 radical (unpaired) electrons. The van der Waals surface area contributed by atoms with Gasteiger partial charge >= 0.3 is 0 Å². The molecule has 84 valence electrons. The number of aryl methyl sites for hydroxylation is 1. The molecule has 0 aliphatic rings. The summed E-state index contributed by atoms with van der Waals surface area (Å²) in [7, 11) is 0. The lowest BCUT2D eigenvalue weighted by molar-refractivity contribution is 0.441. The molecule has 16 heavy (non-hydrogen) atoms. The van der Waals surface area contributed by atoms with Crippen molar-refractivity contribution in [1.29, 1.82) is 0 Å². The fourth-order valence-corrected chi connectivity index (χ4v) is 1.65. The van der Waals surface area contributed by atoms with E-state index in [1.165, 1.54) is 12.3 Å². The van der Waals surface area contributed by atoms with Gasteiger partial charge in [-0.25, -0.2) is 9.82 Å².